The minimum atomic E-state index is -0.731. The summed E-state index contributed by atoms with van der Waals surface area (Å²) in [7, 11) is 0. The van der Waals surface area contributed by atoms with E-state index in [2.05, 4.69) is 25.3 Å². The van der Waals surface area contributed by atoms with Crippen molar-refractivity contribution < 1.29 is 13.9 Å². The molecule has 0 radical (unpaired) electrons. The number of nitrogens with one attached hydrogen (secondary N) is 2. The van der Waals surface area contributed by atoms with E-state index in [-0.39, 0.29) is 29.4 Å². The molecule has 6 nitrogen and oxygen atoms in total. The Morgan fingerprint density at radius 1 is 1.33 bits per heavy atom. The van der Waals surface area contributed by atoms with Crippen LogP contribution in [0, 0.1) is 11.6 Å². The fourth-order valence-corrected chi connectivity index (χ4v) is 1.89. The highest BCUT2D eigenvalue weighted by atomic mass is 32.2. The summed E-state index contributed by atoms with van der Waals surface area (Å²) in [5.41, 5.74) is 0.199. The highest BCUT2D eigenvalue weighted by molar-refractivity contribution is 7.97. The van der Waals surface area contributed by atoms with E-state index in [1.807, 2.05) is 0 Å². The Kier molecular flexibility index (Phi) is 4.18. The van der Waals surface area contributed by atoms with E-state index in [1.54, 1.807) is 0 Å². The maximum atomic E-state index is 13.7. The summed E-state index contributed by atoms with van der Waals surface area (Å²) >= 11 is 0.780. The monoisotopic (exact) mass is 273 g/mol. The third-order valence-corrected chi connectivity index (χ3v) is 2.93. The number of hydrogen-bond acceptors (Lipinski definition) is 6. The maximum absolute atomic E-state index is 13.7. The van der Waals surface area contributed by atoms with Gasteiger partial charge in [-0.15, -0.1) is 10.2 Å². The second-order valence-electron chi connectivity index (χ2n) is 3.22. The largest absolute Gasteiger partial charge is 0.395 e. The molecule has 9 heteroatoms. The molecule has 0 aliphatic heterocycles. The molecule has 0 spiro atoms. The summed E-state index contributed by atoms with van der Waals surface area (Å²) in [4.78, 5) is -0.171. The lowest BCUT2D eigenvalue weighted by Crippen LogP contribution is -2.10. The van der Waals surface area contributed by atoms with Gasteiger partial charge in [-0.2, -0.15) is 5.21 Å². The van der Waals surface area contributed by atoms with E-state index in [4.69, 9.17) is 5.11 Å². The minimum absolute atomic E-state index is 0.114. The van der Waals surface area contributed by atoms with Crippen molar-refractivity contribution in [2.75, 3.05) is 13.2 Å². The molecular weight excluding hydrogens is 264 g/mol. The van der Waals surface area contributed by atoms with Crippen LogP contribution in [0.1, 0.15) is 0 Å². The topological polar surface area (TPSA) is 86.7 Å². The summed E-state index contributed by atoms with van der Waals surface area (Å²) in [6, 6.07) is 2.24. The van der Waals surface area contributed by atoms with Crippen LogP contribution < -0.4 is 4.72 Å². The van der Waals surface area contributed by atoms with Crippen molar-refractivity contribution in [3.63, 3.8) is 0 Å². The average Bonchev–Trinajstić information content (AvgIpc) is 2.86. The standard InChI is InChI=1S/C9H9F2N5OS/c10-6-3-5(9-13-15-16-14-9)4-7(11)8(6)18-12-1-2-17/h3-4,12,17H,1-2H2,(H,13,14,15,16). The molecular formula is C9H9F2N5OS. The molecule has 0 unspecified atom stereocenters. The Labute approximate surface area is 105 Å². The normalized spacial score (nSPS) is 10.8. The van der Waals surface area contributed by atoms with Crippen LogP contribution in [0.3, 0.4) is 0 Å². The number of hydrogen-bond donors (Lipinski definition) is 3. The van der Waals surface area contributed by atoms with Gasteiger partial charge in [-0.3, -0.25) is 4.72 Å². The van der Waals surface area contributed by atoms with Crippen LogP contribution in [-0.2, 0) is 0 Å². The molecule has 0 amide bonds. The summed E-state index contributed by atoms with van der Waals surface area (Å²) in [6.07, 6.45) is 0. The Bertz CT molecular complexity index is 499. The van der Waals surface area contributed by atoms with Crippen molar-refractivity contribution in [1.29, 1.82) is 0 Å². The van der Waals surface area contributed by atoms with Gasteiger partial charge in [0.1, 0.15) is 11.6 Å². The molecule has 0 atom stereocenters. The first-order valence-corrected chi connectivity index (χ1v) is 5.77. The number of halogens is 2. The Morgan fingerprint density at radius 2 is 2.06 bits per heavy atom. The van der Waals surface area contributed by atoms with Crippen LogP contribution >= 0.6 is 11.9 Å². The zero-order valence-electron chi connectivity index (χ0n) is 9.02. The first-order chi connectivity index (χ1) is 8.72. The summed E-state index contributed by atoms with van der Waals surface area (Å²) in [6.45, 7) is 0.118. The van der Waals surface area contributed by atoms with Crippen molar-refractivity contribution >= 4 is 11.9 Å². The van der Waals surface area contributed by atoms with E-state index in [1.165, 1.54) is 0 Å². The van der Waals surface area contributed by atoms with Crippen LogP contribution in [0.2, 0.25) is 0 Å². The predicted octanol–water partition coefficient (Wildman–Crippen LogP) is 0.734. The van der Waals surface area contributed by atoms with Crippen molar-refractivity contribution in [1.82, 2.24) is 25.3 Å². The number of benzene rings is 1. The lowest BCUT2D eigenvalue weighted by molar-refractivity contribution is 0.302. The molecule has 2 aromatic rings. The van der Waals surface area contributed by atoms with E-state index < -0.39 is 11.6 Å². The third-order valence-electron chi connectivity index (χ3n) is 1.99. The van der Waals surface area contributed by atoms with E-state index in [0.29, 0.717) is 0 Å². The van der Waals surface area contributed by atoms with Crippen molar-refractivity contribution in [2.45, 2.75) is 4.90 Å². The van der Waals surface area contributed by atoms with E-state index in [9.17, 15) is 8.78 Å². The fourth-order valence-electron chi connectivity index (χ4n) is 1.24. The molecule has 2 rings (SSSR count). The van der Waals surface area contributed by atoms with Crippen molar-refractivity contribution in [3.05, 3.63) is 23.8 Å². The fraction of sp³-hybridized carbons (Fsp3) is 0.222. The Balaban J connectivity index is 2.24. The quantitative estimate of drug-likeness (QED) is 0.550. The number of tetrazole rings is 1. The highest BCUT2D eigenvalue weighted by Crippen LogP contribution is 2.27. The number of aliphatic hydroxyl groups excluding tert-OH is 1. The molecule has 0 aliphatic carbocycles. The van der Waals surface area contributed by atoms with Gasteiger partial charge in [-0.1, -0.05) is 0 Å². The molecule has 0 fully saturated rings. The van der Waals surface area contributed by atoms with Crippen LogP contribution in [0.5, 0.6) is 0 Å². The smallest absolute Gasteiger partial charge is 0.204 e. The number of nitrogens with zero attached hydrogens (tertiary/aromatic N) is 3. The average molecular weight is 273 g/mol. The van der Waals surface area contributed by atoms with Gasteiger partial charge < -0.3 is 5.11 Å². The van der Waals surface area contributed by atoms with Gasteiger partial charge in [0.2, 0.25) is 5.82 Å². The lowest BCUT2D eigenvalue weighted by atomic mass is 10.2. The number of H-pyrrole nitrogens is 1. The van der Waals surface area contributed by atoms with Gasteiger partial charge >= 0.3 is 0 Å². The Morgan fingerprint density at radius 3 is 2.61 bits per heavy atom. The van der Waals surface area contributed by atoms with Gasteiger partial charge in [0, 0.05) is 12.1 Å². The summed E-state index contributed by atoms with van der Waals surface area (Å²) < 4.78 is 30.0. The number of aromatic nitrogens is 4. The molecule has 3 N–H and O–H groups in total. The van der Waals surface area contributed by atoms with Gasteiger partial charge in [0.05, 0.1) is 11.5 Å². The number of aromatic amines is 1. The molecule has 0 bridgehead atoms. The zero-order chi connectivity index (χ0) is 13.0. The first-order valence-electron chi connectivity index (χ1n) is 4.96. The molecule has 1 aromatic heterocycles. The maximum Gasteiger partial charge on any atom is 0.204 e. The van der Waals surface area contributed by atoms with E-state index in [0.717, 1.165) is 24.1 Å². The SMILES string of the molecule is OCCNSc1c(F)cc(-c2nn[nH]n2)cc1F. The van der Waals surface area contributed by atoms with Crippen LogP contribution in [0.25, 0.3) is 11.4 Å². The number of rotatable bonds is 5. The van der Waals surface area contributed by atoms with Crippen LogP contribution in [0.4, 0.5) is 8.78 Å². The molecule has 96 valence electrons. The highest BCUT2D eigenvalue weighted by Gasteiger charge is 2.14. The van der Waals surface area contributed by atoms with Crippen molar-refractivity contribution in [2.24, 2.45) is 0 Å². The van der Waals surface area contributed by atoms with Gasteiger partial charge in [0.15, 0.2) is 0 Å². The first kappa shape index (κ1) is 12.9. The zero-order valence-corrected chi connectivity index (χ0v) is 9.84. The van der Waals surface area contributed by atoms with Crippen LogP contribution in [-0.4, -0.2) is 38.9 Å². The summed E-state index contributed by atoms with van der Waals surface area (Å²) in [5, 5.41) is 21.4. The van der Waals surface area contributed by atoms with Gasteiger partial charge in [-0.25, -0.2) is 8.78 Å². The summed E-state index contributed by atoms with van der Waals surface area (Å²) in [5.74, 6) is -1.34. The number of aliphatic hydroxyl groups is 1. The molecule has 0 aliphatic rings. The van der Waals surface area contributed by atoms with Gasteiger partial charge in [0.25, 0.3) is 0 Å². The molecule has 18 heavy (non-hydrogen) atoms. The van der Waals surface area contributed by atoms with Crippen LogP contribution in [0.15, 0.2) is 17.0 Å². The second-order valence-corrected chi connectivity index (χ2v) is 4.13. The lowest BCUT2D eigenvalue weighted by Gasteiger charge is -2.06. The predicted molar refractivity (Wildman–Crippen MR) is 60.5 cm³/mol. The molecule has 0 saturated heterocycles. The minimum Gasteiger partial charge on any atom is -0.395 e. The van der Waals surface area contributed by atoms with E-state index >= 15 is 0 Å². The second kappa shape index (κ2) is 5.85. The Hall–Kier alpha value is -1.58. The molecule has 1 heterocycles. The van der Waals surface area contributed by atoms with Crippen molar-refractivity contribution in [3.8, 4) is 11.4 Å². The third kappa shape index (κ3) is 2.81. The molecule has 0 saturated carbocycles. The molecule has 1 aromatic carbocycles. The van der Waals surface area contributed by atoms with Gasteiger partial charge in [-0.05, 0) is 29.3 Å².